The van der Waals surface area contributed by atoms with Crippen molar-refractivity contribution in [3.05, 3.63) is 45.6 Å². The minimum Gasteiger partial charge on any atom is -0.495 e. The van der Waals surface area contributed by atoms with Crippen LogP contribution in [-0.4, -0.2) is 42.3 Å². The molecule has 10 heteroatoms. The van der Waals surface area contributed by atoms with Crippen LogP contribution in [0.2, 0.25) is 0 Å². The standard InChI is InChI=1S/C24H35N5O4S/c1-6-8-9-10-11-18(7-2)29-23-22(16(3)28-29)24(30)27-21(26-23)15-17-12-13-19(33-5)20(14-17)34(31,32)25-4/h12-14,18,25H,6-11,15H2,1-5H3,(H,26,27,30). The highest BCUT2D eigenvalue weighted by Gasteiger charge is 2.21. The lowest BCUT2D eigenvalue weighted by molar-refractivity contribution is 0.401. The van der Waals surface area contributed by atoms with Crippen molar-refractivity contribution in [2.24, 2.45) is 0 Å². The van der Waals surface area contributed by atoms with E-state index in [0.717, 1.165) is 19.3 Å². The van der Waals surface area contributed by atoms with Crippen molar-refractivity contribution < 1.29 is 13.2 Å². The molecule has 0 amide bonds. The number of methoxy groups -OCH3 is 1. The maximum Gasteiger partial charge on any atom is 0.262 e. The first-order valence-corrected chi connectivity index (χ1v) is 13.3. The van der Waals surface area contributed by atoms with Gasteiger partial charge in [0.15, 0.2) is 5.65 Å². The molecular formula is C24H35N5O4S. The minimum atomic E-state index is -3.71. The van der Waals surface area contributed by atoms with Gasteiger partial charge in [0.2, 0.25) is 10.0 Å². The van der Waals surface area contributed by atoms with Crippen LogP contribution < -0.4 is 15.0 Å². The largest absolute Gasteiger partial charge is 0.495 e. The molecule has 0 spiro atoms. The van der Waals surface area contributed by atoms with E-state index in [2.05, 4.69) is 28.7 Å². The normalized spacial score (nSPS) is 12.9. The fourth-order valence-corrected chi connectivity index (χ4v) is 5.19. The Morgan fingerprint density at radius 2 is 1.97 bits per heavy atom. The molecule has 0 aliphatic carbocycles. The molecule has 0 saturated carbocycles. The van der Waals surface area contributed by atoms with Gasteiger partial charge < -0.3 is 9.72 Å². The molecule has 2 heterocycles. The van der Waals surface area contributed by atoms with E-state index in [1.165, 1.54) is 33.4 Å². The molecule has 2 N–H and O–H groups in total. The first-order chi connectivity index (χ1) is 16.2. The lowest BCUT2D eigenvalue weighted by atomic mass is 10.1. The number of ether oxygens (including phenoxy) is 1. The Morgan fingerprint density at radius 3 is 2.62 bits per heavy atom. The number of aromatic nitrogens is 4. The van der Waals surface area contributed by atoms with Crippen molar-refractivity contribution in [3.8, 4) is 5.75 Å². The van der Waals surface area contributed by atoms with Crippen LogP contribution in [0.4, 0.5) is 0 Å². The number of sulfonamides is 1. The van der Waals surface area contributed by atoms with Gasteiger partial charge >= 0.3 is 0 Å². The fourth-order valence-electron chi connectivity index (χ4n) is 4.25. The van der Waals surface area contributed by atoms with Crippen LogP contribution in [0.3, 0.4) is 0 Å². The van der Waals surface area contributed by atoms with Crippen LogP contribution in [0.25, 0.3) is 11.0 Å². The van der Waals surface area contributed by atoms with E-state index in [1.807, 2.05) is 11.6 Å². The molecular weight excluding hydrogens is 454 g/mol. The summed E-state index contributed by atoms with van der Waals surface area (Å²) in [5.41, 5.74) is 1.69. The summed E-state index contributed by atoms with van der Waals surface area (Å²) in [5, 5.41) is 5.18. The van der Waals surface area contributed by atoms with Crippen molar-refractivity contribution in [1.82, 2.24) is 24.5 Å². The molecule has 34 heavy (non-hydrogen) atoms. The highest BCUT2D eigenvalue weighted by molar-refractivity contribution is 7.89. The molecule has 3 aromatic rings. The van der Waals surface area contributed by atoms with Gasteiger partial charge in [-0.25, -0.2) is 22.8 Å². The van der Waals surface area contributed by atoms with E-state index < -0.39 is 10.0 Å². The number of fused-ring (bicyclic) bond motifs is 1. The fraction of sp³-hybridized carbons (Fsp3) is 0.542. The van der Waals surface area contributed by atoms with Gasteiger partial charge in [-0.15, -0.1) is 0 Å². The molecule has 0 fully saturated rings. The van der Waals surface area contributed by atoms with Crippen molar-refractivity contribution in [1.29, 1.82) is 0 Å². The molecule has 1 aromatic carbocycles. The SMILES string of the molecule is CCCCCCC(CC)n1nc(C)c2c(=O)[nH]c(Cc3ccc(OC)c(S(=O)(=O)NC)c3)nc21. The Kier molecular flexibility index (Phi) is 8.48. The second-order valence-corrected chi connectivity index (χ2v) is 10.4. The van der Waals surface area contributed by atoms with E-state index in [9.17, 15) is 13.2 Å². The number of hydrogen-bond donors (Lipinski definition) is 2. The highest BCUT2D eigenvalue weighted by atomic mass is 32.2. The number of benzene rings is 1. The quantitative estimate of drug-likeness (QED) is 0.373. The van der Waals surface area contributed by atoms with E-state index >= 15 is 0 Å². The van der Waals surface area contributed by atoms with E-state index in [4.69, 9.17) is 9.72 Å². The van der Waals surface area contributed by atoms with E-state index in [-0.39, 0.29) is 28.7 Å². The minimum absolute atomic E-state index is 0.0393. The van der Waals surface area contributed by atoms with Crippen molar-refractivity contribution in [2.75, 3.05) is 14.2 Å². The molecule has 0 aliphatic heterocycles. The molecule has 3 rings (SSSR count). The zero-order chi connectivity index (χ0) is 24.9. The van der Waals surface area contributed by atoms with Crippen LogP contribution in [0.1, 0.15) is 75.5 Å². The van der Waals surface area contributed by atoms with Crippen LogP contribution >= 0.6 is 0 Å². The smallest absolute Gasteiger partial charge is 0.262 e. The summed E-state index contributed by atoms with van der Waals surface area (Å²) in [6.07, 6.45) is 6.83. The van der Waals surface area contributed by atoms with Gasteiger partial charge in [0.25, 0.3) is 5.56 Å². The molecule has 0 bridgehead atoms. The zero-order valence-corrected chi connectivity index (χ0v) is 21.5. The number of rotatable bonds is 12. The van der Waals surface area contributed by atoms with Gasteiger partial charge in [0.05, 0.1) is 18.8 Å². The zero-order valence-electron chi connectivity index (χ0n) is 20.6. The van der Waals surface area contributed by atoms with Crippen molar-refractivity contribution >= 4 is 21.1 Å². The average Bonchev–Trinajstić information content (AvgIpc) is 3.15. The lowest BCUT2D eigenvalue weighted by Gasteiger charge is -2.16. The molecule has 1 atom stereocenters. The van der Waals surface area contributed by atoms with Gasteiger partial charge in [0.1, 0.15) is 21.9 Å². The maximum absolute atomic E-state index is 12.9. The van der Waals surface area contributed by atoms with Gasteiger partial charge in [-0.05, 0) is 44.5 Å². The predicted molar refractivity (Wildman–Crippen MR) is 133 cm³/mol. The van der Waals surface area contributed by atoms with Crippen molar-refractivity contribution in [3.63, 3.8) is 0 Å². The first-order valence-electron chi connectivity index (χ1n) is 11.8. The molecule has 0 saturated heterocycles. The third-order valence-corrected chi connectivity index (χ3v) is 7.59. The molecule has 2 aromatic heterocycles. The summed E-state index contributed by atoms with van der Waals surface area (Å²) in [5.74, 6) is 0.704. The second-order valence-electron chi connectivity index (χ2n) is 8.52. The molecule has 0 radical (unpaired) electrons. The number of nitrogens with one attached hydrogen (secondary N) is 2. The third kappa shape index (κ3) is 5.50. The monoisotopic (exact) mass is 489 g/mol. The number of unbranched alkanes of at least 4 members (excludes halogenated alkanes) is 3. The Labute approximate surface area is 201 Å². The summed E-state index contributed by atoms with van der Waals surface area (Å²) in [6, 6.07) is 5.08. The Bertz CT molecular complexity index is 1300. The summed E-state index contributed by atoms with van der Waals surface area (Å²) >= 11 is 0. The number of H-pyrrole nitrogens is 1. The number of aryl methyl sites for hydroxylation is 1. The van der Waals surface area contributed by atoms with E-state index in [0.29, 0.717) is 28.1 Å². The van der Waals surface area contributed by atoms with Crippen molar-refractivity contribution in [2.45, 2.75) is 76.7 Å². The van der Waals surface area contributed by atoms with E-state index in [1.54, 1.807) is 18.2 Å². The second kappa shape index (κ2) is 11.1. The Morgan fingerprint density at radius 1 is 1.21 bits per heavy atom. The maximum atomic E-state index is 12.9. The first kappa shape index (κ1) is 25.9. The molecule has 1 unspecified atom stereocenters. The highest BCUT2D eigenvalue weighted by Crippen LogP contribution is 2.27. The van der Waals surface area contributed by atoms with Crippen LogP contribution in [0, 0.1) is 6.92 Å². The Hall–Kier alpha value is -2.72. The van der Waals surface area contributed by atoms with Gasteiger partial charge in [-0.3, -0.25) is 4.79 Å². The molecule has 186 valence electrons. The molecule has 0 aliphatic rings. The average molecular weight is 490 g/mol. The number of aromatic amines is 1. The number of nitrogens with zero attached hydrogens (tertiary/aromatic N) is 3. The molecule has 9 nitrogen and oxygen atoms in total. The predicted octanol–water partition coefficient (Wildman–Crippen LogP) is 3.86. The Balaban J connectivity index is 2.00. The summed E-state index contributed by atoms with van der Waals surface area (Å²) in [4.78, 5) is 20.6. The van der Waals surface area contributed by atoms with Gasteiger partial charge in [-0.1, -0.05) is 45.6 Å². The lowest BCUT2D eigenvalue weighted by Crippen LogP contribution is -2.20. The topological polar surface area (TPSA) is 119 Å². The van der Waals surface area contributed by atoms with Gasteiger partial charge in [-0.2, -0.15) is 5.10 Å². The van der Waals surface area contributed by atoms with Crippen LogP contribution in [0.15, 0.2) is 27.9 Å². The number of hydrogen-bond acceptors (Lipinski definition) is 6. The van der Waals surface area contributed by atoms with Crippen LogP contribution in [0.5, 0.6) is 5.75 Å². The summed E-state index contributed by atoms with van der Waals surface area (Å²) in [7, 11) is -0.937. The van der Waals surface area contributed by atoms with Gasteiger partial charge in [0, 0.05) is 6.42 Å². The van der Waals surface area contributed by atoms with Crippen LogP contribution in [-0.2, 0) is 16.4 Å². The summed E-state index contributed by atoms with van der Waals surface area (Å²) in [6.45, 7) is 6.15. The third-order valence-electron chi connectivity index (χ3n) is 6.15. The summed E-state index contributed by atoms with van der Waals surface area (Å²) < 4.78 is 34.3.